The SMILES string of the molecule is CCN(C(=O)C(C)C)c1cc(Cl)cc(C(=O)NCc2c(C)cc(C)[nH]c2=O)c1C. The minimum Gasteiger partial charge on any atom is -0.348 e. The van der Waals surface area contributed by atoms with E-state index >= 15 is 0 Å². The van der Waals surface area contributed by atoms with Gasteiger partial charge in [-0.15, -0.1) is 0 Å². The van der Waals surface area contributed by atoms with Crippen molar-refractivity contribution in [3.8, 4) is 0 Å². The second-order valence-corrected chi connectivity index (χ2v) is 7.90. The van der Waals surface area contributed by atoms with Gasteiger partial charge in [-0.1, -0.05) is 25.4 Å². The molecule has 0 aliphatic rings. The Morgan fingerprint density at radius 3 is 2.38 bits per heavy atom. The molecular formula is C22H28ClN3O3. The number of amides is 2. The van der Waals surface area contributed by atoms with Crippen LogP contribution >= 0.6 is 11.6 Å². The van der Waals surface area contributed by atoms with Crippen LogP contribution in [0.25, 0.3) is 0 Å². The number of rotatable bonds is 6. The summed E-state index contributed by atoms with van der Waals surface area (Å²) in [4.78, 5) is 42.0. The molecule has 0 fully saturated rings. The van der Waals surface area contributed by atoms with Crippen LogP contribution in [0.2, 0.25) is 5.02 Å². The van der Waals surface area contributed by atoms with Gasteiger partial charge in [0.15, 0.2) is 0 Å². The van der Waals surface area contributed by atoms with Gasteiger partial charge in [-0.3, -0.25) is 14.4 Å². The molecule has 0 radical (unpaired) electrons. The van der Waals surface area contributed by atoms with Crippen LogP contribution in [0.5, 0.6) is 0 Å². The van der Waals surface area contributed by atoms with Crippen molar-refractivity contribution in [2.45, 2.75) is 48.1 Å². The number of nitrogens with zero attached hydrogens (tertiary/aromatic N) is 1. The molecule has 2 rings (SSSR count). The molecule has 0 spiro atoms. The molecule has 0 saturated carbocycles. The summed E-state index contributed by atoms with van der Waals surface area (Å²) in [7, 11) is 0. The molecule has 29 heavy (non-hydrogen) atoms. The Morgan fingerprint density at radius 1 is 1.17 bits per heavy atom. The number of carbonyl (C=O) groups is 2. The van der Waals surface area contributed by atoms with Crippen molar-refractivity contribution in [1.29, 1.82) is 0 Å². The number of nitrogens with one attached hydrogen (secondary N) is 2. The minimum atomic E-state index is -0.348. The number of H-pyrrole nitrogens is 1. The Kier molecular flexibility index (Phi) is 7.25. The standard InChI is InChI=1S/C22H28ClN3O3/c1-7-26(22(29)12(2)3)19-10-16(23)9-17(15(19)6)20(27)24-11-18-13(4)8-14(5)25-21(18)28/h8-10,12H,7,11H2,1-6H3,(H,24,27)(H,25,28). The van der Waals surface area contributed by atoms with Gasteiger partial charge < -0.3 is 15.2 Å². The average molecular weight is 418 g/mol. The fourth-order valence-corrected chi connectivity index (χ4v) is 3.52. The maximum atomic E-state index is 12.9. The smallest absolute Gasteiger partial charge is 0.253 e. The number of hydrogen-bond donors (Lipinski definition) is 2. The number of aromatic amines is 1. The van der Waals surface area contributed by atoms with Crippen molar-refractivity contribution in [3.63, 3.8) is 0 Å². The van der Waals surface area contributed by atoms with Gasteiger partial charge in [0.05, 0.1) is 0 Å². The predicted molar refractivity (Wildman–Crippen MR) is 117 cm³/mol. The molecule has 2 N–H and O–H groups in total. The quantitative estimate of drug-likeness (QED) is 0.747. The third kappa shape index (κ3) is 5.07. The molecule has 0 bridgehead atoms. The van der Waals surface area contributed by atoms with Crippen molar-refractivity contribution < 1.29 is 9.59 Å². The van der Waals surface area contributed by atoms with Crippen LogP contribution < -0.4 is 15.8 Å². The maximum absolute atomic E-state index is 12.9. The number of aromatic nitrogens is 1. The van der Waals surface area contributed by atoms with E-state index in [-0.39, 0.29) is 29.8 Å². The lowest BCUT2D eigenvalue weighted by molar-refractivity contribution is -0.121. The number of hydrogen-bond acceptors (Lipinski definition) is 3. The third-order valence-electron chi connectivity index (χ3n) is 4.88. The molecule has 156 valence electrons. The minimum absolute atomic E-state index is 0.0361. The number of carbonyl (C=O) groups excluding carboxylic acids is 2. The highest BCUT2D eigenvalue weighted by Gasteiger charge is 2.22. The van der Waals surface area contributed by atoms with Crippen LogP contribution in [0.15, 0.2) is 23.0 Å². The Hall–Kier alpha value is -2.60. The van der Waals surface area contributed by atoms with Crippen molar-refractivity contribution >= 4 is 29.1 Å². The molecule has 0 atom stereocenters. The molecule has 6 nitrogen and oxygen atoms in total. The van der Waals surface area contributed by atoms with E-state index in [1.807, 2.05) is 40.7 Å². The van der Waals surface area contributed by atoms with Gasteiger partial charge in [0, 0.05) is 46.5 Å². The highest BCUT2D eigenvalue weighted by molar-refractivity contribution is 6.31. The molecule has 0 unspecified atom stereocenters. The van der Waals surface area contributed by atoms with Crippen LogP contribution in [0, 0.1) is 26.7 Å². The van der Waals surface area contributed by atoms with Gasteiger partial charge in [-0.25, -0.2) is 0 Å². The Morgan fingerprint density at radius 2 is 1.83 bits per heavy atom. The van der Waals surface area contributed by atoms with E-state index in [1.54, 1.807) is 24.0 Å². The van der Waals surface area contributed by atoms with Crippen LogP contribution in [0.3, 0.4) is 0 Å². The van der Waals surface area contributed by atoms with Gasteiger partial charge in [-0.05, 0) is 57.0 Å². The normalized spacial score (nSPS) is 10.9. The topological polar surface area (TPSA) is 82.3 Å². The van der Waals surface area contributed by atoms with Crippen molar-refractivity contribution in [3.05, 3.63) is 61.5 Å². The predicted octanol–water partition coefficient (Wildman–Crippen LogP) is 3.89. The summed E-state index contributed by atoms with van der Waals surface area (Å²) in [6.07, 6.45) is 0. The highest BCUT2D eigenvalue weighted by Crippen LogP contribution is 2.29. The number of halogens is 1. The van der Waals surface area contributed by atoms with Crippen LogP contribution in [-0.2, 0) is 11.3 Å². The second-order valence-electron chi connectivity index (χ2n) is 7.46. The molecule has 2 aromatic rings. The van der Waals surface area contributed by atoms with Crippen molar-refractivity contribution in [2.75, 3.05) is 11.4 Å². The van der Waals surface area contributed by atoms with Gasteiger partial charge >= 0.3 is 0 Å². The second kappa shape index (κ2) is 9.27. The van der Waals surface area contributed by atoms with E-state index in [0.29, 0.717) is 33.9 Å². The monoisotopic (exact) mass is 417 g/mol. The fraction of sp³-hybridized carbons (Fsp3) is 0.409. The van der Waals surface area contributed by atoms with Crippen LogP contribution in [-0.4, -0.2) is 23.3 Å². The maximum Gasteiger partial charge on any atom is 0.253 e. The average Bonchev–Trinajstić information content (AvgIpc) is 2.63. The van der Waals surface area contributed by atoms with E-state index in [1.165, 1.54) is 0 Å². The van der Waals surface area contributed by atoms with Gasteiger partial charge in [0.2, 0.25) is 5.91 Å². The van der Waals surface area contributed by atoms with Crippen LogP contribution in [0.1, 0.15) is 53.5 Å². The summed E-state index contributed by atoms with van der Waals surface area (Å²) in [5.41, 5.74) is 3.54. The molecule has 0 saturated heterocycles. The van der Waals surface area contributed by atoms with Gasteiger partial charge in [0.25, 0.3) is 11.5 Å². The lowest BCUT2D eigenvalue weighted by Crippen LogP contribution is -2.35. The Bertz CT molecular complexity index is 996. The molecular weight excluding hydrogens is 390 g/mol. The summed E-state index contributed by atoms with van der Waals surface area (Å²) in [5.74, 6) is -0.563. The third-order valence-corrected chi connectivity index (χ3v) is 5.09. The lowest BCUT2D eigenvalue weighted by atomic mass is 10.0. The molecule has 2 amide bonds. The van der Waals surface area contributed by atoms with Crippen molar-refractivity contribution in [2.24, 2.45) is 5.92 Å². The first-order valence-electron chi connectivity index (χ1n) is 9.65. The van der Waals surface area contributed by atoms with Crippen molar-refractivity contribution in [1.82, 2.24) is 10.3 Å². The summed E-state index contributed by atoms with van der Waals surface area (Å²) in [5, 5.41) is 3.17. The molecule has 0 aliphatic heterocycles. The first-order valence-corrected chi connectivity index (χ1v) is 10.0. The van der Waals surface area contributed by atoms with Crippen LogP contribution in [0.4, 0.5) is 5.69 Å². The molecule has 0 aliphatic carbocycles. The first kappa shape index (κ1) is 22.7. The summed E-state index contributed by atoms with van der Waals surface area (Å²) < 4.78 is 0. The molecule has 7 heteroatoms. The zero-order valence-electron chi connectivity index (χ0n) is 17.8. The van der Waals surface area contributed by atoms with E-state index < -0.39 is 0 Å². The number of pyridine rings is 1. The molecule has 1 aromatic heterocycles. The Balaban J connectivity index is 2.35. The summed E-state index contributed by atoms with van der Waals surface area (Å²) in [6, 6.07) is 5.14. The summed E-state index contributed by atoms with van der Waals surface area (Å²) in [6.45, 7) is 11.6. The fourth-order valence-electron chi connectivity index (χ4n) is 3.30. The van der Waals surface area contributed by atoms with E-state index in [0.717, 1.165) is 11.3 Å². The lowest BCUT2D eigenvalue weighted by Gasteiger charge is -2.26. The number of anilines is 1. The zero-order chi connectivity index (χ0) is 21.9. The highest BCUT2D eigenvalue weighted by atomic mass is 35.5. The van der Waals surface area contributed by atoms with E-state index in [9.17, 15) is 14.4 Å². The molecule has 1 heterocycles. The van der Waals surface area contributed by atoms with Gasteiger partial charge in [-0.2, -0.15) is 0 Å². The largest absolute Gasteiger partial charge is 0.348 e. The van der Waals surface area contributed by atoms with E-state index in [4.69, 9.17) is 11.6 Å². The number of benzene rings is 1. The first-order chi connectivity index (χ1) is 13.6. The summed E-state index contributed by atoms with van der Waals surface area (Å²) >= 11 is 6.26. The Labute approximate surface area is 176 Å². The number of aryl methyl sites for hydroxylation is 2. The molecule has 1 aromatic carbocycles. The zero-order valence-corrected chi connectivity index (χ0v) is 18.5. The van der Waals surface area contributed by atoms with Gasteiger partial charge in [0.1, 0.15) is 0 Å². The van der Waals surface area contributed by atoms with E-state index in [2.05, 4.69) is 10.3 Å².